The van der Waals surface area contributed by atoms with Gasteiger partial charge in [0.2, 0.25) is 0 Å². The summed E-state index contributed by atoms with van der Waals surface area (Å²) in [6, 6.07) is 8.43. The number of aromatic nitrogens is 2. The van der Waals surface area contributed by atoms with E-state index in [2.05, 4.69) is 16.5 Å². The predicted octanol–water partition coefficient (Wildman–Crippen LogP) is 4.46. The average Bonchev–Trinajstić information content (AvgIpc) is 3.31. The maximum absolute atomic E-state index is 13.7. The van der Waals surface area contributed by atoms with Crippen LogP contribution in [0.25, 0.3) is 11.1 Å². The lowest BCUT2D eigenvalue weighted by Crippen LogP contribution is -2.27. The number of aryl methyl sites for hydroxylation is 1. The van der Waals surface area contributed by atoms with Crippen LogP contribution in [0.3, 0.4) is 0 Å². The Morgan fingerprint density at radius 2 is 2.10 bits per heavy atom. The smallest absolute Gasteiger partial charge is 0.435 e. The summed E-state index contributed by atoms with van der Waals surface area (Å²) in [5.41, 5.74) is 0.848. The molecule has 1 aromatic carbocycles. The number of halogens is 3. The molecule has 0 amide bonds. The molecular formula is C20H17F3N4OS. The third-order valence-electron chi connectivity index (χ3n) is 5.02. The molecule has 0 bridgehead atoms. The van der Waals surface area contributed by atoms with E-state index in [4.69, 9.17) is 0 Å². The summed E-state index contributed by atoms with van der Waals surface area (Å²) in [4.78, 5) is 1.57. The van der Waals surface area contributed by atoms with E-state index in [1.807, 2.05) is 6.07 Å². The number of phenolic OH excluding ortho intramolecular Hbond substituents is 1. The Labute approximate surface area is 169 Å². The normalized spacial score (nSPS) is 16.4. The van der Waals surface area contributed by atoms with Gasteiger partial charge in [-0.25, -0.2) is 0 Å². The number of alkyl halides is 3. The molecule has 4 rings (SSSR count). The van der Waals surface area contributed by atoms with Crippen LogP contribution in [-0.4, -0.2) is 21.4 Å². The van der Waals surface area contributed by atoms with Crippen molar-refractivity contribution in [3.05, 3.63) is 57.0 Å². The third-order valence-corrected chi connectivity index (χ3v) is 6.07. The van der Waals surface area contributed by atoms with Crippen LogP contribution in [0.5, 0.6) is 5.75 Å². The van der Waals surface area contributed by atoms with Gasteiger partial charge in [0, 0.05) is 42.2 Å². The number of thiophene rings is 1. The van der Waals surface area contributed by atoms with Crippen molar-refractivity contribution in [3.8, 4) is 22.9 Å². The van der Waals surface area contributed by atoms with E-state index in [1.165, 1.54) is 34.3 Å². The van der Waals surface area contributed by atoms with Crippen molar-refractivity contribution in [1.29, 1.82) is 5.26 Å². The van der Waals surface area contributed by atoms with E-state index < -0.39 is 11.9 Å². The Morgan fingerprint density at radius 1 is 1.31 bits per heavy atom. The Morgan fingerprint density at radius 3 is 2.79 bits per heavy atom. The molecule has 1 atom stereocenters. The molecule has 0 aliphatic carbocycles. The molecule has 0 saturated carbocycles. The molecule has 0 radical (unpaired) electrons. The van der Waals surface area contributed by atoms with Crippen LogP contribution in [0.2, 0.25) is 0 Å². The highest BCUT2D eigenvalue weighted by molar-refractivity contribution is 7.12. The molecule has 29 heavy (non-hydrogen) atoms. The first-order valence-corrected chi connectivity index (χ1v) is 9.84. The van der Waals surface area contributed by atoms with E-state index in [9.17, 15) is 23.5 Å². The van der Waals surface area contributed by atoms with Gasteiger partial charge in [-0.3, -0.25) is 4.68 Å². The molecule has 0 saturated heterocycles. The number of fused-ring (bicyclic) bond motifs is 1. The summed E-state index contributed by atoms with van der Waals surface area (Å²) in [5, 5.41) is 26.3. The first-order chi connectivity index (χ1) is 13.8. The van der Waals surface area contributed by atoms with Crippen LogP contribution in [0.15, 0.2) is 30.5 Å². The molecule has 0 spiro atoms. The summed E-state index contributed by atoms with van der Waals surface area (Å²) in [6.45, 7) is 3.15. The number of benzene rings is 1. The minimum atomic E-state index is -4.62. The fraction of sp³-hybridized carbons (Fsp3) is 0.300. The molecule has 2 aromatic heterocycles. The van der Waals surface area contributed by atoms with Crippen LogP contribution in [-0.2, 0) is 19.3 Å². The molecule has 3 heterocycles. The molecule has 5 nitrogen and oxygen atoms in total. The summed E-state index contributed by atoms with van der Waals surface area (Å²) in [6.07, 6.45) is -3.25. The van der Waals surface area contributed by atoms with Crippen molar-refractivity contribution in [2.75, 3.05) is 6.54 Å². The predicted molar refractivity (Wildman–Crippen MR) is 103 cm³/mol. The molecule has 0 fully saturated rings. The van der Waals surface area contributed by atoms with Crippen LogP contribution < -0.4 is 5.32 Å². The molecule has 9 heteroatoms. The SMILES string of the molecule is CCn1cc(-c2cc(O)ccc2C2CNCc3sc(C#N)cc32)c(C(F)(F)F)n1. The molecule has 1 aliphatic rings. The monoisotopic (exact) mass is 418 g/mol. The largest absolute Gasteiger partial charge is 0.508 e. The minimum absolute atomic E-state index is 0.0619. The summed E-state index contributed by atoms with van der Waals surface area (Å²) < 4.78 is 42.2. The Balaban J connectivity index is 1.92. The fourth-order valence-corrected chi connectivity index (χ4v) is 4.71. The highest BCUT2D eigenvalue weighted by Crippen LogP contribution is 2.43. The van der Waals surface area contributed by atoms with E-state index in [-0.39, 0.29) is 17.2 Å². The molecule has 2 N–H and O–H groups in total. The second-order valence-electron chi connectivity index (χ2n) is 6.80. The topological polar surface area (TPSA) is 73.9 Å². The summed E-state index contributed by atoms with van der Waals surface area (Å²) in [7, 11) is 0. The van der Waals surface area contributed by atoms with Crippen LogP contribution in [0.1, 0.15) is 39.4 Å². The summed E-state index contributed by atoms with van der Waals surface area (Å²) in [5.74, 6) is -0.355. The van der Waals surface area contributed by atoms with Gasteiger partial charge < -0.3 is 10.4 Å². The van der Waals surface area contributed by atoms with Crippen LogP contribution in [0.4, 0.5) is 13.2 Å². The highest BCUT2D eigenvalue weighted by atomic mass is 32.1. The van der Waals surface area contributed by atoms with Crippen molar-refractivity contribution < 1.29 is 18.3 Å². The van der Waals surface area contributed by atoms with Gasteiger partial charge in [0.25, 0.3) is 0 Å². The van der Waals surface area contributed by atoms with E-state index in [0.29, 0.717) is 35.6 Å². The highest BCUT2D eigenvalue weighted by Gasteiger charge is 2.38. The van der Waals surface area contributed by atoms with Crippen LogP contribution >= 0.6 is 11.3 Å². The number of rotatable bonds is 3. The van der Waals surface area contributed by atoms with Gasteiger partial charge in [-0.05, 0) is 41.8 Å². The van der Waals surface area contributed by atoms with Gasteiger partial charge in [-0.2, -0.15) is 23.5 Å². The van der Waals surface area contributed by atoms with Crippen molar-refractivity contribution >= 4 is 11.3 Å². The number of nitrogens with one attached hydrogen (secondary N) is 1. The number of hydrogen-bond acceptors (Lipinski definition) is 5. The van der Waals surface area contributed by atoms with Crippen LogP contribution in [0, 0.1) is 11.3 Å². The number of aromatic hydroxyl groups is 1. The van der Waals surface area contributed by atoms with Crippen molar-refractivity contribution in [2.45, 2.75) is 32.1 Å². The zero-order chi connectivity index (χ0) is 20.8. The van der Waals surface area contributed by atoms with Crippen molar-refractivity contribution in [3.63, 3.8) is 0 Å². The number of nitrogens with zero attached hydrogens (tertiary/aromatic N) is 3. The lowest BCUT2D eigenvalue weighted by molar-refractivity contribution is -0.141. The Bertz CT molecular complexity index is 1110. The molecular weight excluding hydrogens is 401 g/mol. The fourth-order valence-electron chi connectivity index (χ4n) is 3.72. The molecule has 1 aliphatic heterocycles. The third kappa shape index (κ3) is 3.50. The van der Waals surface area contributed by atoms with Gasteiger partial charge >= 0.3 is 6.18 Å². The first-order valence-electron chi connectivity index (χ1n) is 9.03. The molecule has 1 unspecified atom stereocenters. The zero-order valence-electron chi connectivity index (χ0n) is 15.4. The average molecular weight is 418 g/mol. The second-order valence-corrected chi connectivity index (χ2v) is 7.94. The minimum Gasteiger partial charge on any atom is -0.508 e. The van der Waals surface area contributed by atoms with Gasteiger partial charge in [0.1, 0.15) is 16.7 Å². The van der Waals surface area contributed by atoms with Gasteiger partial charge in [0.05, 0.1) is 0 Å². The zero-order valence-corrected chi connectivity index (χ0v) is 16.2. The van der Waals surface area contributed by atoms with Gasteiger partial charge in [-0.1, -0.05) is 6.07 Å². The van der Waals surface area contributed by atoms with Crippen molar-refractivity contribution in [1.82, 2.24) is 15.1 Å². The van der Waals surface area contributed by atoms with Gasteiger partial charge in [-0.15, -0.1) is 11.3 Å². The molecule has 3 aromatic rings. The Kier molecular flexibility index (Phi) is 4.84. The number of hydrogen-bond donors (Lipinski definition) is 2. The second kappa shape index (κ2) is 7.21. The van der Waals surface area contributed by atoms with Crippen molar-refractivity contribution in [2.24, 2.45) is 0 Å². The standard InChI is InChI=1S/C20H17F3N4OS/c1-2-27-10-17(19(26-27)20(21,22)23)14-5-11(28)3-4-13(14)16-8-25-9-18-15(16)6-12(7-24)29-18/h3-6,10,16,25,28H,2,8-9H2,1H3. The van der Waals surface area contributed by atoms with E-state index >= 15 is 0 Å². The number of phenols is 1. The van der Waals surface area contributed by atoms with Gasteiger partial charge in [0.15, 0.2) is 5.69 Å². The maximum Gasteiger partial charge on any atom is 0.435 e. The first kappa shape index (κ1) is 19.5. The number of nitriles is 1. The lowest BCUT2D eigenvalue weighted by atomic mass is 9.84. The Hall–Kier alpha value is -2.83. The maximum atomic E-state index is 13.7. The lowest BCUT2D eigenvalue weighted by Gasteiger charge is -2.26. The molecule has 150 valence electrons. The van der Waals surface area contributed by atoms with E-state index in [1.54, 1.807) is 13.0 Å². The summed E-state index contributed by atoms with van der Waals surface area (Å²) >= 11 is 1.38. The van der Waals surface area contributed by atoms with E-state index in [0.717, 1.165) is 10.4 Å². The quantitative estimate of drug-likeness (QED) is 0.659.